The van der Waals surface area contributed by atoms with E-state index >= 15 is 0 Å². The predicted molar refractivity (Wildman–Crippen MR) is 118 cm³/mol. The number of carbonyl (C=O) groups is 1. The number of carbonyl (C=O) groups excluding carboxylic acids is 1. The van der Waals surface area contributed by atoms with Gasteiger partial charge in [0.05, 0.1) is 0 Å². The molecule has 1 N–H and O–H groups in total. The first-order valence-corrected chi connectivity index (χ1v) is 10.7. The van der Waals surface area contributed by atoms with Crippen molar-refractivity contribution < 1.29 is 9.32 Å². The van der Waals surface area contributed by atoms with Crippen molar-refractivity contribution in [2.75, 3.05) is 11.9 Å². The van der Waals surface area contributed by atoms with E-state index in [1.165, 1.54) is 5.56 Å². The SMILES string of the molecule is CC(C)c1ccc(NC(=O)N2CCCC[C@H]2c2nc(-c3cccc(Cl)c3)no2)cc1. The van der Waals surface area contributed by atoms with Gasteiger partial charge in [-0.25, -0.2) is 4.79 Å². The van der Waals surface area contributed by atoms with Crippen LogP contribution in [0.25, 0.3) is 11.4 Å². The molecule has 1 saturated heterocycles. The molecule has 0 unspecified atom stereocenters. The van der Waals surface area contributed by atoms with Crippen LogP contribution in [-0.2, 0) is 0 Å². The lowest BCUT2D eigenvalue weighted by atomic mass is 10.0. The minimum absolute atomic E-state index is 0.153. The maximum atomic E-state index is 13.0. The third-order valence-electron chi connectivity index (χ3n) is 5.40. The molecule has 30 heavy (non-hydrogen) atoms. The third-order valence-corrected chi connectivity index (χ3v) is 5.64. The number of likely N-dealkylation sites (tertiary alicyclic amines) is 1. The maximum absolute atomic E-state index is 13.0. The zero-order valence-corrected chi connectivity index (χ0v) is 17.9. The monoisotopic (exact) mass is 424 g/mol. The molecule has 0 aliphatic carbocycles. The minimum Gasteiger partial charge on any atom is -0.337 e. The van der Waals surface area contributed by atoms with Crippen LogP contribution in [0.5, 0.6) is 0 Å². The standard InChI is InChI=1S/C23H25ClN4O2/c1-15(2)16-9-11-19(12-10-16)25-23(29)28-13-4-3-8-20(28)22-26-21(27-30-22)17-6-5-7-18(24)14-17/h5-7,9-12,14-15,20H,3-4,8,13H2,1-2H3,(H,25,29)/t20-/m0/s1. The Bertz CT molecular complexity index is 1020. The second-order valence-electron chi connectivity index (χ2n) is 7.88. The Labute approximate surface area is 181 Å². The average molecular weight is 425 g/mol. The highest BCUT2D eigenvalue weighted by Crippen LogP contribution is 2.32. The maximum Gasteiger partial charge on any atom is 0.322 e. The highest BCUT2D eigenvalue weighted by molar-refractivity contribution is 6.30. The number of nitrogens with zero attached hydrogens (tertiary/aromatic N) is 3. The molecule has 0 bridgehead atoms. The molecule has 3 aromatic rings. The summed E-state index contributed by atoms with van der Waals surface area (Å²) < 4.78 is 5.55. The van der Waals surface area contributed by atoms with Crippen molar-refractivity contribution >= 4 is 23.3 Å². The zero-order valence-electron chi connectivity index (χ0n) is 17.1. The molecule has 1 aliphatic heterocycles. The molecule has 2 amide bonds. The van der Waals surface area contributed by atoms with Gasteiger partial charge in [-0.1, -0.05) is 54.9 Å². The number of urea groups is 1. The molecule has 6 nitrogen and oxygen atoms in total. The van der Waals surface area contributed by atoms with Crippen molar-refractivity contribution in [3.8, 4) is 11.4 Å². The Kier molecular flexibility index (Phi) is 6.04. The zero-order chi connectivity index (χ0) is 21.1. The first kappa shape index (κ1) is 20.4. The summed E-state index contributed by atoms with van der Waals surface area (Å²) in [5.41, 5.74) is 2.80. The Morgan fingerprint density at radius 1 is 1.20 bits per heavy atom. The predicted octanol–water partition coefficient (Wildman–Crippen LogP) is 6.27. The Morgan fingerprint density at radius 3 is 2.73 bits per heavy atom. The minimum atomic E-state index is -0.242. The van der Waals surface area contributed by atoms with Crippen molar-refractivity contribution in [3.63, 3.8) is 0 Å². The van der Waals surface area contributed by atoms with E-state index < -0.39 is 0 Å². The highest BCUT2D eigenvalue weighted by atomic mass is 35.5. The molecule has 1 aliphatic rings. The summed E-state index contributed by atoms with van der Waals surface area (Å²) in [5, 5.41) is 7.72. The quantitative estimate of drug-likeness (QED) is 0.535. The Hall–Kier alpha value is -2.86. The van der Waals surface area contributed by atoms with Crippen molar-refractivity contribution in [1.29, 1.82) is 0 Å². The first-order chi connectivity index (χ1) is 14.5. The number of benzene rings is 2. The Morgan fingerprint density at radius 2 is 2.00 bits per heavy atom. The number of anilines is 1. The van der Waals surface area contributed by atoms with E-state index in [0.29, 0.717) is 29.2 Å². The van der Waals surface area contributed by atoms with Crippen LogP contribution in [0.3, 0.4) is 0 Å². The van der Waals surface area contributed by atoms with Crippen molar-refractivity contribution in [2.24, 2.45) is 0 Å². The molecular weight excluding hydrogens is 400 g/mol. The molecular formula is C23H25ClN4O2. The van der Waals surface area contributed by atoms with Gasteiger partial charge in [0, 0.05) is 22.8 Å². The van der Waals surface area contributed by atoms with E-state index in [-0.39, 0.29) is 12.1 Å². The summed E-state index contributed by atoms with van der Waals surface area (Å²) in [4.78, 5) is 19.3. The van der Waals surface area contributed by atoms with Gasteiger partial charge in [0.15, 0.2) is 0 Å². The van der Waals surface area contributed by atoms with Gasteiger partial charge in [-0.2, -0.15) is 4.98 Å². The van der Waals surface area contributed by atoms with E-state index in [9.17, 15) is 4.79 Å². The van der Waals surface area contributed by atoms with Gasteiger partial charge in [-0.3, -0.25) is 0 Å². The Balaban J connectivity index is 1.51. The number of rotatable bonds is 4. The lowest BCUT2D eigenvalue weighted by molar-refractivity contribution is 0.142. The number of hydrogen-bond donors (Lipinski definition) is 1. The smallest absolute Gasteiger partial charge is 0.322 e. The van der Waals surface area contributed by atoms with Gasteiger partial charge in [0.2, 0.25) is 11.7 Å². The topological polar surface area (TPSA) is 71.3 Å². The van der Waals surface area contributed by atoms with Crippen LogP contribution in [0.4, 0.5) is 10.5 Å². The van der Waals surface area contributed by atoms with Gasteiger partial charge in [0.25, 0.3) is 0 Å². The normalized spacial score (nSPS) is 16.7. The van der Waals surface area contributed by atoms with Gasteiger partial charge in [-0.15, -0.1) is 0 Å². The third kappa shape index (κ3) is 4.49. The van der Waals surface area contributed by atoms with Crippen LogP contribution in [0.1, 0.15) is 56.5 Å². The molecule has 1 fully saturated rings. The van der Waals surface area contributed by atoms with Crippen molar-refractivity contribution in [3.05, 3.63) is 65.0 Å². The van der Waals surface area contributed by atoms with E-state index in [0.717, 1.165) is 30.5 Å². The molecule has 0 radical (unpaired) electrons. The van der Waals surface area contributed by atoms with Gasteiger partial charge < -0.3 is 14.7 Å². The lowest BCUT2D eigenvalue weighted by Crippen LogP contribution is -2.41. The van der Waals surface area contributed by atoms with Gasteiger partial charge in [-0.05, 0) is 55.0 Å². The van der Waals surface area contributed by atoms with Crippen LogP contribution < -0.4 is 5.32 Å². The van der Waals surface area contributed by atoms with Crippen LogP contribution in [-0.4, -0.2) is 27.6 Å². The number of nitrogens with one attached hydrogen (secondary N) is 1. The van der Waals surface area contributed by atoms with Gasteiger partial charge in [0.1, 0.15) is 6.04 Å². The van der Waals surface area contributed by atoms with E-state index in [4.69, 9.17) is 16.1 Å². The molecule has 1 aromatic heterocycles. The summed E-state index contributed by atoms with van der Waals surface area (Å²) in [5.74, 6) is 1.38. The molecule has 0 saturated carbocycles. The van der Waals surface area contributed by atoms with Crippen molar-refractivity contribution in [2.45, 2.75) is 45.1 Å². The summed E-state index contributed by atoms with van der Waals surface area (Å²) in [6, 6.07) is 14.9. The van der Waals surface area contributed by atoms with E-state index in [1.54, 1.807) is 17.0 Å². The van der Waals surface area contributed by atoms with Gasteiger partial charge >= 0.3 is 6.03 Å². The molecule has 2 aromatic carbocycles. The fourth-order valence-electron chi connectivity index (χ4n) is 3.69. The van der Waals surface area contributed by atoms with E-state index in [1.807, 2.05) is 36.4 Å². The molecule has 1 atom stereocenters. The second kappa shape index (κ2) is 8.88. The van der Waals surface area contributed by atoms with Crippen LogP contribution in [0, 0.1) is 0 Å². The number of amides is 2. The van der Waals surface area contributed by atoms with Crippen LogP contribution in [0.15, 0.2) is 53.1 Å². The number of halogens is 1. The fraction of sp³-hybridized carbons (Fsp3) is 0.348. The van der Waals surface area contributed by atoms with E-state index in [2.05, 4.69) is 29.3 Å². The summed E-state index contributed by atoms with van der Waals surface area (Å²) in [6.45, 7) is 4.94. The molecule has 156 valence electrons. The summed E-state index contributed by atoms with van der Waals surface area (Å²) in [7, 11) is 0. The summed E-state index contributed by atoms with van der Waals surface area (Å²) in [6.07, 6.45) is 2.74. The van der Waals surface area contributed by atoms with Crippen LogP contribution in [0.2, 0.25) is 5.02 Å². The average Bonchev–Trinajstić information content (AvgIpc) is 3.24. The number of piperidine rings is 1. The molecule has 7 heteroatoms. The summed E-state index contributed by atoms with van der Waals surface area (Å²) >= 11 is 6.07. The lowest BCUT2D eigenvalue weighted by Gasteiger charge is -2.33. The van der Waals surface area contributed by atoms with Crippen LogP contribution >= 0.6 is 11.6 Å². The molecule has 0 spiro atoms. The first-order valence-electron chi connectivity index (χ1n) is 10.3. The number of aromatic nitrogens is 2. The number of hydrogen-bond acceptors (Lipinski definition) is 4. The fourth-order valence-corrected chi connectivity index (χ4v) is 3.88. The van der Waals surface area contributed by atoms with Crippen molar-refractivity contribution in [1.82, 2.24) is 15.0 Å². The molecule has 4 rings (SSSR count). The largest absolute Gasteiger partial charge is 0.337 e. The second-order valence-corrected chi connectivity index (χ2v) is 8.31. The highest BCUT2D eigenvalue weighted by Gasteiger charge is 2.32. The molecule has 2 heterocycles.